The van der Waals surface area contributed by atoms with Gasteiger partial charge in [0.1, 0.15) is 0 Å². The quantitative estimate of drug-likeness (QED) is 0.797. The standard InChI is InChI=1S/C15H15ClN4/c1-19-8-3-4-12(19)10-18-14-6-2-5-13(16)15(14)20-9-7-17-11-20/h2-9,11,18H,10H2,1H3. The van der Waals surface area contributed by atoms with E-state index in [-0.39, 0.29) is 0 Å². The predicted molar refractivity (Wildman–Crippen MR) is 81.3 cm³/mol. The number of hydrogen-bond donors (Lipinski definition) is 1. The number of rotatable bonds is 4. The molecule has 0 spiro atoms. The lowest BCUT2D eigenvalue weighted by molar-refractivity contribution is 0.841. The van der Waals surface area contributed by atoms with Crippen LogP contribution in [0.1, 0.15) is 5.69 Å². The molecule has 0 saturated heterocycles. The molecule has 0 radical (unpaired) electrons. The van der Waals surface area contributed by atoms with Gasteiger partial charge in [0.2, 0.25) is 0 Å². The molecule has 5 heteroatoms. The number of aromatic nitrogens is 3. The van der Waals surface area contributed by atoms with Crippen LogP contribution in [0.5, 0.6) is 0 Å². The molecular weight excluding hydrogens is 272 g/mol. The lowest BCUT2D eigenvalue weighted by Crippen LogP contribution is -2.07. The molecule has 1 aromatic carbocycles. The Kier molecular flexibility index (Phi) is 3.48. The average molecular weight is 287 g/mol. The molecule has 0 amide bonds. The van der Waals surface area contributed by atoms with E-state index in [0.29, 0.717) is 5.02 Å². The molecule has 2 aromatic heterocycles. The second-order valence-corrected chi connectivity index (χ2v) is 4.98. The highest BCUT2D eigenvalue weighted by Gasteiger charge is 2.09. The summed E-state index contributed by atoms with van der Waals surface area (Å²) in [6.07, 6.45) is 7.40. The van der Waals surface area contributed by atoms with Crippen molar-refractivity contribution in [3.05, 3.63) is 66.0 Å². The molecule has 0 bridgehead atoms. The number of benzene rings is 1. The van der Waals surface area contributed by atoms with Gasteiger partial charge in [-0.1, -0.05) is 17.7 Å². The second-order valence-electron chi connectivity index (χ2n) is 4.57. The Balaban J connectivity index is 1.90. The van der Waals surface area contributed by atoms with Crippen LogP contribution in [0.15, 0.2) is 55.2 Å². The molecule has 0 unspecified atom stereocenters. The number of para-hydroxylation sites is 1. The highest BCUT2D eigenvalue weighted by molar-refractivity contribution is 6.33. The normalized spacial score (nSPS) is 10.7. The number of halogens is 1. The van der Waals surface area contributed by atoms with E-state index >= 15 is 0 Å². The first-order valence-corrected chi connectivity index (χ1v) is 6.74. The van der Waals surface area contributed by atoms with Crippen molar-refractivity contribution < 1.29 is 0 Å². The van der Waals surface area contributed by atoms with Gasteiger partial charge in [-0.2, -0.15) is 0 Å². The molecule has 0 fully saturated rings. The lowest BCUT2D eigenvalue weighted by Gasteiger charge is -2.14. The maximum Gasteiger partial charge on any atom is 0.0992 e. The molecular formula is C15H15ClN4. The summed E-state index contributed by atoms with van der Waals surface area (Å²) < 4.78 is 4.00. The number of nitrogens with zero attached hydrogens (tertiary/aromatic N) is 3. The van der Waals surface area contributed by atoms with Crippen LogP contribution in [0, 0.1) is 0 Å². The molecule has 2 heterocycles. The average Bonchev–Trinajstić information content (AvgIpc) is 3.08. The lowest BCUT2D eigenvalue weighted by atomic mass is 10.2. The first-order chi connectivity index (χ1) is 9.75. The van der Waals surface area contributed by atoms with E-state index in [1.54, 1.807) is 12.5 Å². The molecule has 0 saturated carbocycles. The monoisotopic (exact) mass is 286 g/mol. The third-order valence-electron chi connectivity index (χ3n) is 3.26. The third kappa shape index (κ3) is 2.42. The van der Waals surface area contributed by atoms with Crippen molar-refractivity contribution in [1.82, 2.24) is 14.1 Å². The molecule has 3 aromatic rings. The topological polar surface area (TPSA) is 34.8 Å². The Morgan fingerprint density at radius 1 is 1.20 bits per heavy atom. The van der Waals surface area contributed by atoms with Crippen molar-refractivity contribution in [3.8, 4) is 5.69 Å². The van der Waals surface area contributed by atoms with Crippen LogP contribution in [-0.2, 0) is 13.6 Å². The summed E-state index contributed by atoms with van der Waals surface area (Å²) in [5.74, 6) is 0. The molecule has 20 heavy (non-hydrogen) atoms. The molecule has 0 atom stereocenters. The second kappa shape index (κ2) is 5.43. The number of imidazole rings is 1. The maximum absolute atomic E-state index is 6.32. The van der Waals surface area contributed by atoms with Gasteiger partial charge >= 0.3 is 0 Å². The number of aryl methyl sites for hydroxylation is 1. The highest BCUT2D eigenvalue weighted by atomic mass is 35.5. The molecule has 4 nitrogen and oxygen atoms in total. The zero-order valence-corrected chi connectivity index (χ0v) is 11.9. The Labute approximate surface area is 122 Å². The first-order valence-electron chi connectivity index (χ1n) is 6.36. The van der Waals surface area contributed by atoms with Crippen LogP contribution >= 0.6 is 11.6 Å². The first kappa shape index (κ1) is 12.8. The van der Waals surface area contributed by atoms with Crippen LogP contribution in [0.3, 0.4) is 0 Å². The molecule has 3 rings (SSSR count). The van der Waals surface area contributed by atoms with Gasteiger partial charge in [-0.25, -0.2) is 4.98 Å². The summed E-state index contributed by atoms with van der Waals surface area (Å²) in [5.41, 5.74) is 3.11. The van der Waals surface area contributed by atoms with E-state index in [1.165, 1.54) is 5.69 Å². The van der Waals surface area contributed by atoms with Gasteiger partial charge in [0, 0.05) is 31.3 Å². The van der Waals surface area contributed by atoms with Gasteiger partial charge < -0.3 is 14.5 Å². The van der Waals surface area contributed by atoms with Crippen molar-refractivity contribution >= 4 is 17.3 Å². The Morgan fingerprint density at radius 2 is 2.10 bits per heavy atom. The smallest absolute Gasteiger partial charge is 0.0992 e. The van der Waals surface area contributed by atoms with Crippen molar-refractivity contribution in [1.29, 1.82) is 0 Å². The number of anilines is 1. The van der Waals surface area contributed by atoms with Crippen molar-refractivity contribution in [2.75, 3.05) is 5.32 Å². The number of hydrogen-bond acceptors (Lipinski definition) is 2. The predicted octanol–water partition coefficient (Wildman–Crippen LogP) is 3.48. The molecule has 0 aliphatic rings. The summed E-state index contributed by atoms with van der Waals surface area (Å²) in [7, 11) is 2.03. The van der Waals surface area contributed by atoms with E-state index in [9.17, 15) is 0 Å². The van der Waals surface area contributed by atoms with Crippen LogP contribution in [0.25, 0.3) is 5.69 Å². The summed E-state index contributed by atoms with van der Waals surface area (Å²) in [6.45, 7) is 0.742. The van der Waals surface area contributed by atoms with Crippen LogP contribution in [0.2, 0.25) is 5.02 Å². The zero-order chi connectivity index (χ0) is 13.9. The molecule has 0 aliphatic heterocycles. The van der Waals surface area contributed by atoms with E-state index < -0.39 is 0 Å². The van der Waals surface area contributed by atoms with E-state index in [0.717, 1.165) is 17.9 Å². The number of nitrogens with one attached hydrogen (secondary N) is 1. The van der Waals surface area contributed by atoms with Gasteiger partial charge in [-0.15, -0.1) is 0 Å². The minimum atomic E-state index is 0.694. The Bertz CT molecular complexity index is 700. The third-order valence-corrected chi connectivity index (χ3v) is 3.57. The fourth-order valence-electron chi connectivity index (χ4n) is 2.18. The van der Waals surface area contributed by atoms with E-state index in [2.05, 4.69) is 20.9 Å². The zero-order valence-electron chi connectivity index (χ0n) is 11.1. The van der Waals surface area contributed by atoms with E-state index in [4.69, 9.17) is 11.6 Å². The summed E-state index contributed by atoms with van der Waals surface area (Å²) in [4.78, 5) is 4.08. The van der Waals surface area contributed by atoms with Crippen molar-refractivity contribution in [3.63, 3.8) is 0 Å². The fraction of sp³-hybridized carbons (Fsp3) is 0.133. The van der Waals surface area contributed by atoms with Gasteiger partial charge in [0.05, 0.1) is 29.3 Å². The molecule has 1 N–H and O–H groups in total. The SMILES string of the molecule is Cn1cccc1CNc1cccc(Cl)c1-n1ccnc1. The van der Waals surface area contributed by atoms with Crippen LogP contribution < -0.4 is 5.32 Å². The maximum atomic E-state index is 6.32. The van der Waals surface area contributed by atoms with Crippen molar-refractivity contribution in [2.24, 2.45) is 7.05 Å². The van der Waals surface area contributed by atoms with Gasteiger partial charge in [-0.3, -0.25) is 0 Å². The summed E-state index contributed by atoms with van der Waals surface area (Å²) >= 11 is 6.32. The Morgan fingerprint density at radius 3 is 2.80 bits per heavy atom. The van der Waals surface area contributed by atoms with Crippen LogP contribution in [0.4, 0.5) is 5.69 Å². The highest BCUT2D eigenvalue weighted by Crippen LogP contribution is 2.28. The van der Waals surface area contributed by atoms with E-state index in [1.807, 2.05) is 48.3 Å². The van der Waals surface area contributed by atoms with Gasteiger partial charge in [0.25, 0.3) is 0 Å². The van der Waals surface area contributed by atoms with Gasteiger partial charge in [0.15, 0.2) is 0 Å². The summed E-state index contributed by atoms with van der Waals surface area (Å²) in [5, 5.41) is 4.13. The molecule has 102 valence electrons. The van der Waals surface area contributed by atoms with Crippen LogP contribution in [-0.4, -0.2) is 14.1 Å². The minimum Gasteiger partial charge on any atom is -0.378 e. The largest absolute Gasteiger partial charge is 0.378 e. The minimum absolute atomic E-state index is 0.694. The fourth-order valence-corrected chi connectivity index (χ4v) is 2.45. The van der Waals surface area contributed by atoms with Gasteiger partial charge in [-0.05, 0) is 24.3 Å². The molecule has 0 aliphatic carbocycles. The Hall–Kier alpha value is -2.20. The van der Waals surface area contributed by atoms with Crippen molar-refractivity contribution in [2.45, 2.75) is 6.54 Å². The summed E-state index contributed by atoms with van der Waals surface area (Å²) in [6, 6.07) is 9.96.